The number of halogens is 1. The van der Waals surface area contributed by atoms with Gasteiger partial charge in [0.15, 0.2) is 0 Å². The summed E-state index contributed by atoms with van der Waals surface area (Å²) in [6.07, 6.45) is 0. The monoisotopic (exact) mass is 294 g/mol. The molecule has 1 saturated heterocycles. The maximum absolute atomic E-state index is 14.1. The van der Waals surface area contributed by atoms with Gasteiger partial charge in [-0.15, -0.1) is 0 Å². The molecule has 21 heavy (non-hydrogen) atoms. The molecule has 2 amide bonds. The molecule has 0 aromatic heterocycles. The van der Waals surface area contributed by atoms with Crippen LogP contribution in [0.2, 0.25) is 0 Å². The average molecular weight is 294 g/mol. The van der Waals surface area contributed by atoms with E-state index in [0.717, 1.165) is 0 Å². The minimum atomic E-state index is -0.717. The summed E-state index contributed by atoms with van der Waals surface area (Å²) in [5, 5.41) is 2.67. The standard InChI is InChI=1S/C15H19FN2O3/c1-3-17-14(19)12-9-21-8-7-18(12)15(20)11-6-4-5-10(2)13(11)16/h4-6,12H,3,7-9H2,1-2H3,(H,17,19). The number of amides is 2. The molecule has 2 rings (SSSR count). The van der Waals surface area contributed by atoms with Crippen LogP contribution in [0.4, 0.5) is 4.39 Å². The minimum Gasteiger partial charge on any atom is -0.377 e. The maximum Gasteiger partial charge on any atom is 0.257 e. The summed E-state index contributed by atoms with van der Waals surface area (Å²) in [7, 11) is 0. The number of hydrogen-bond acceptors (Lipinski definition) is 3. The van der Waals surface area contributed by atoms with Crippen molar-refractivity contribution in [2.45, 2.75) is 19.9 Å². The average Bonchev–Trinajstić information content (AvgIpc) is 2.49. The molecule has 0 aliphatic carbocycles. The van der Waals surface area contributed by atoms with Gasteiger partial charge in [-0.3, -0.25) is 9.59 Å². The molecule has 1 aromatic rings. The van der Waals surface area contributed by atoms with E-state index in [1.807, 2.05) is 0 Å². The van der Waals surface area contributed by atoms with Crippen molar-refractivity contribution in [2.75, 3.05) is 26.3 Å². The SMILES string of the molecule is CCNC(=O)C1COCCN1C(=O)c1cccc(C)c1F. The van der Waals surface area contributed by atoms with Gasteiger partial charge in [-0.25, -0.2) is 4.39 Å². The predicted molar refractivity (Wildman–Crippen MR) is 75.5 cm³/mol. The number of ether oxygens (including phenoxy) is 1. The van der Waals surface area contributed by atoms with Gasteiger partial charge in [0, 0.05) is 13.1 Å². The number of benzene rings is 1. The second-order valence-electron chi connectivity index (χ2n) is 4.92. The summed E-state index contributed by atoms with van der Waals surface area (Å²) >= 11 is 0. The van der Waals surface area contributed by atoms with Crippen molar-refractivity contribution in [2.24, 2.45) is 0 Å². The molecule has 1 heterocycles. The van der Waals surface area contributed by atoms with Crippen molar-refractivity contribution in [1.82, 2.24) is 10.2 Å². The highest BCUT2D eigenvalue weighted by Crippen LogP contribution is 2.17. The lowest BCUT2D eigenvalue weighted by molar-refractivity contribution is -0.130. The molecule has 0 saturated carbocycles. The van der Waals surface area contributed by atoms with Crippen LogP contribution in [-0.4, -0.2) is 49.1 Å². The molecule has 1 aliphatic heterocycles. The van der Waals surface area contributed by atoms with Gasteiger partial charge in [0.2, 0.25) is 5.91 Å². The Bertz CT molecular complexity index is 548. The third kappa shape index (κ3) is 3.21. The summed E-state index contributed by atoms with van der Waals surface area (Å²) in [5.41, 5.74) is 0.398. The zero-order valence-corrected chi connectivity index (χ0v) is 12.2. The quantitative estimate of drug-likeness (QED) is 0.908. The fourth-order valence-corrected chi connectivity index (χ4v) is 2.32. The summed E-state index contributed by atoms with van der Waals surface area (Å²) in [4.78, 5) is 25.9. The lowest BCUT2D eigenvalue weighted by atomic mass is 10.1. The van der Waals surface area contributed by atoms with Gasteiger partial charge in [-0.05, 0) is 25.5 Å². The van der Waals surface area contributed by atoms with Crippen molar-refractivity contribution in [3.63, 3.8) is 0 Å². The molecule has 114 valence electrons. The van der Waals surface area contributed by atoms with E-state index < -0.39 is 17.8 Å². The molecule has 1 unspecified atom stereocenters. The smallest absolute Gasteiger partial charge is 0.257 e. The molecule has 5 nitrogen and oxygen atoms in total. The fourth-order valence-electron chi connectivity index (χ4n) is 2.32. The third-order valence-electron chi connectivity index (χ3n) is 3.47. The van der Waals surface area contributed by atoms with E-state index in [1.165, 1.54) is 11.0 Å². The second kappa shape index (κ2) is 6.67. The fraction of sp³-hybridized carbons (Fsp3) is 0.467. The number of hydrogen-bond donors (Lipinski definition) is 1. The summed E-state index contributed by atoms with van der Waals surface area (Å²) < 4.78 is 19.4. The number of likely N-dealkylation sites (N-methyl/N-ethyl adjacent to an activating group) is 1. The molecule has 6 heteroatoms. The number of nitrogens with one attached hydrogen (secondary N) is 1. The lowest BCUT2D eigenvalue weighted by Gasteiger charge is -2.34. The first-order valence-electron chi connectivity index (χ1n) is 6.97. The van der Waals surface area contributed by atoms with Gasteiger partial charge in [-0.1, -0.05) is 12.1 Å². The zero-order valence-electron chi connectivity index (χ0n) is 12.2. The Balaban J connectivity index is 2.26. The second-order valence-corrected chi connectivity index (χ2v) is 4.92. The first-order valence-corrected chi connectivity index (χ1v) is 6.97. The van der Waals surface area contributed by atoms with Crippen LogP contribution < -0.4 is 5.32 Å². The molecule has 1 N–H and O–H groups in total. The number of morpholine rings is 1. The number of rotatable bonds is 3. The van der Waals surface area contributed by atoms with Gasteiger partial charge >= 0.3 is 0 Å². The van der Waals surface area contributed by atoms with Crippen molar-refractivity contribution in [1.29, 1.82) is 0 Å². The van der Waals surface area contributed by atoms with Crippen LogP contribution in [0, 0.1) is 12.7 Å². The van der Waals surface area contributed by atoms with Crippen LogP contribution in [0.15, 0.2) is 18.2 Å². The van der Waals surface area contributed by atoms with Gasteiger partial charge in [0.05, 0.1) is 18.8 Å². The molecule has 1 fully saturated rings. The van der Waals surface area contributed by atoms with E-state index in [1.54, 1.807) is 26.0 Å². The maximum atomic E-state index is 14.1. The third-order valence-corrected chi connectivity index (χ3v) is 3.47. The van der Waals surface area contributed by atoms with Gasteiger partial charge in [0.25, 0.3) is 5.91 Å². The van der Waals surface area contributed by atoms with E-state index in [4.69, 9.17) is 4.74 Å². The van der Waals surface area contributed by atoms with Crippen molar-refractivity contribution in [3.05, 3.63) is 35.1 Å². The van der Waals surface area contributed by atoms with Crippen LogP contribution in [-0.2, 0) is 9.53 Å². The lowest BCUT2D eigenvalue weighted by Crippen LogP contribution is -2.56. The van der Waals surface area contributed by atoms with Gasteiger partial charge in [0.1, 0.15) is 11.9 Å². The summed E-state index contributed by atoms with van der Waals surface area (Å²) in [5.74, 6) is -1.29. The molecule has 0 bridgehead atoms. The Morgan fingerprint density at radius 1 is 1.48 bits per heavy atom. The molecular formula is C15H19FN2O3. The molecule has 1 aliphatic rings. The molecule has 0 spiro atoms. The van der Waals surface area contributed by atoms with Gasteiger partial charge < -0.3 is 15.0 Å². The largest absolute Gasteiger partial charge is 0.377 e. The number of aryl methyl sites for hydroxylation is 1. The van der Waals surface area contributed by atoms with Gasteiger partial charge in [-0.2, -0.15) is 0 Å². The number of carbonyl (C=O) groups excluding carboxylic acids is 2. The zero-order chi connectivity index (χ0) is 15.4. The number of nitrogens with zero attached hydrogens (tertiary/aromatic N) is 1. The molecule has 1 aromatic carbocycles. The van der Waals surface area contributed by atoms with Crippen molar-refractivity contribution in [3.8, 4) is 0 Å². The topological polar surface area (TPSA) is 58.6 Å². The van der Waals surface area contributed by atoms with Crippen molar-refractivity contribution >= 4 is 11.8 Å². The highest BCUT2D eigenvalue weighted by Gasteiger charge is 2.34. The molecule has 1 atom stereocenters. The van der Waals surface area contributed by atoms with Crippen LogP contribution in [0.25, 0.3) is 0 Å². The van der Waals surface area contributed by atoms with E-state index in [0.29, 0.717) is 18.7 Å². The highest BCUT2D eigenvalue weighted by molar-refractivity contribution is 5.98. The van der Waals surface area contributed by atoms with E-state index in [-0.39, 0.29) is 24.6 Å². The van der Waals surface area contributed by atoms with Crippen molar-refractivity contribution < 1.29 is 18.7 Å². The Kier molecular flexibility index (Phi) is 4.90. The first-order chi connectivity index (χ1) is 10.1. The Morgan fingerprint density at radius 2 is 2.24 bits per heavy atom. The minimum absolute atomic E-state index is 0.00815. The number of carbonyl (C=O) groups is 2. The first kappa shape index (κ1) is 15.4. The van der Waals surface area contributed by atoms with E-state index in [9.17, 15) is 14.0 Å². The molecule has 0 radical (unpaired) electrons. The van der Waals surface area contributed by atoms with Crippen LogP contribution in [0.3, 0.4) is 0 Å². The highest BCUT2D eigenvalue weighted by atomic mass is 19.1. The molecular weight excluding hydrogens is 275 g/mol. The Hall–Kier alpha value is -1.95. The van der Waals surface area contributed by atoms with Crippen LogP contribution >= 0.6 is 0 Å². The van der Waals surface area contributed by atoms with Crippen LogP contribution in [0.5, 0.6) is 0 Å². The normalized spacial score (nSPS) is 18.4. The van der Waals surface area contributed by atoms with Crippen LogP contribution in [0.1, 0.15) is 22.8 Å². The Labute approximate surface area is 123 Å². The summed E-state index contributed by atoms with van der Waals surface area (Å²) in [6, 6.07) is 3.96. The predicted octanol–water partition coefficient (Wildman–Crippen LogP) is 1.11. The van der Waals surface area contributed by atoms with E-state index >= 15 is 0 Å². The van der Waals surface area contributed by atoms with E-state index in [2.05, 4.69) is 5.32 Å². The Morgan fingerprint density at radius 3 is 2.95 bits per heavy atom. The summed E-state index contributed by atoms with van der Waals surface area (Å²) in [6.45, 7) is 4.62.